The van der Waals surface area contributed by atoms with Crippen LogP contribution >= 0.6 is 23.2 Å². The number of benzene rings is 1. The first-order valence-corrected chi connectivity index (χ1v) is 7.82. The van der Waals surface area contributed by atoms with Gasteiger partial charge in [0.2, 0.25) is 0 Å². The minimum atomic E-state index is 0.396. The third-order valence-electron chi connectivity index (χ3n) is 3.64. The largest absolute Gasteiger partial charge is 0.367 e. The summed E-state index contributed by atoms with van der Waals surface area (Å²) in [4.78, 5) is 4.54. The molecule has 1 aliphatic heterocycles. The van der Waals surface area contributed by atoms with E-state index in [9.17, 15) is 0 Å². The molecule has 1 fully saturated rings. The first-order valence-electron chi connectivity index (χ1n) is 6.91. The van der Waals surface area contributed by atoms with Crippen molar-refractivity contribution >= 4 is 34.7 Å². The van der Waals surface area contributed by atoms with Crippen LogP contribution in [0.2, 0.25) is 5.02 Å². The molecule has 1 aromatic heterocycles. The van der Waals surface area contributed by atoms with Crippen molar-refractivity contribution in [2.24, 2.45) is 0 Å². The number of anilines is 2. The second-order valence-corrected chi connectivity index (χ2v) is 5.62. The summed E-state index contributed by atoms with van der Waals surface area (Å²) in [5.74, 6) is 1.30. The predicted octanol–water partition coefficient (Wildman–Crippen LogP) is 3.20. The van der Waals surface area contributed by atoms with E-state index in [4.69, 9.17) is 23.2 Å². The van der Waals surface area contributed by atoms with Crippen LogP contribution in [0, 0.1) is 0 Å². The van der Waals surface area contributed by atoms with Crippen LogP contribution in [0.5, 0.6) is 0 Å². The van der Waals surface area contributed by atoms with E-state index < -0.39 is 0 Å². The Labute approximate surface area is 134 Å². The number of hydrogen-bond donors (Lipinski definition) is 0. The first kappa shape index (κ1) is 14.4. The van der Waals surface area contributed by atoms with E-state index >= 15 is 0 Å². The average molecular weight is 323 g/mol. The minimum absolute atomic E-state index is 0.396. The average Bonchev–Trinajstić information content (AvgIpc) is 2.56. The molecule has 0 atom stereocenters. The van der Waals surface area contributed by atoms with Crippen LogP contribution in [-0.4, -0.2) is 36.4 Å². The van der Waals surface area contributed by atoms with Gasteiger partial charge in [-0.3, -0.25) is 0 Å². The third kappa shape index (κ3) is 3.22. The molecule has 6 heteroatoms. The smallest absolute Gasteiger partial charge is 0.151 e. The Morgan fingerprint density at radius 3 is 2.24 bits per heavy atom. The molecular weight excluding hydrogens is 307 g/mol. The zero-order valence-electron chi connectivity index (χ0n) is 11.5. The molecule has 0 amide bonds. The molecule has 21 heavy (non-hydrogen) atoms. The van der Waals surface area contributed by atoms with Gasteiger partial charge in [-0.05, 0) is 24.3 Å². The van der Waals surface area contributed by atoms with Gasteiger partial charge in [0, 0.05) is 26.2 Å². The van der Waals surface area contributed by atoms with Crippen molar-refractivity contribution in [2.75, 3.05) is 36.0 Å². The summed E-state index contributed by atoms with van der Waals surface area (Å²) in [5, 5.41) is 9.14. The monoisotopic (exact) mass is 322 g/mol. The summed E-state index contributed by atoms with van der Waals surface area (Å²) in [5.41, 5.74) is 1.90. The number of piperazine rings is 1. The Bertz CT molecular complexity index is 595. The molecule has 3 rings (SSSR count). The van der Waals surface area contributed by atoms with Gasteiger partial charge in [-0.25, -0.2) is 0 Å². The highest BCUT2D eigenvalue weighted by molar-refractivity contribution is 6.33. The van der Waals surface area contributed by atoms with Crippen molar-refractivity contribution in [3.8, 4) is 0 Å². The van der Waals surface area contributed by atoms with E-state index in [1.165, 1.54) is 0 Å². The Morgan fingerprint density at radius 1 is 0.905 bits per heavy atom. The minimum Gasteiger partial charge on any atom is -0.367 e. The fourth-order valence-electron chi connectivity index (χ4n) is 2.48. The van der Waals surface area contributed by atoms with Crippen LogP contribution in [0.1, 0.15) is 5.69 Å². The summed E-state index contributed by atoms with van der Waals surface area (Å²) in [6.45, 7) is 3.64. The molecule has 0 saturated carbocycles. The molecule has 110 valence electrons. The van der Waals surface area contributed by atoms with Crippen LogP contribution in [0.25, 0.3) is 0 Å². The van der Waals surface area contributed by atoms with Crippen molar-refractivity contribution in [3.05, 3.63) is 47.1 Å². The van der Waals surface area contributed by atoms with Gasteiger partial charge in [0.15, 0.2) is 5.82 Å². The number of nitrogens with zero attached hydrogens (tertiary/aromatic N) is 4. The van der Waals surface area contributed by atoms with Gasteiger partial charge < -0.3 is 9.80 Å². The predicted molar refractivity (Wildman–Crippen MR) is 87.5 cm³/mol. The van der Waals surface area contributed by atoms with E-state index in [1.54, 1.807) is 0 Å². The molecule has 2 heterocycles. The van der Waals surface area contributed by atoms with Gasteiger partial charge in [0.05, 0.1) is 22.3 Å². The zero-order chi connectivity index (χ0) is 14.7. The van der Waals surface area contributed by atoms with Crippen LogP contribution in [-0.2, 0) is 5.88 Å². The number of rotatable bonds is 3. The lowest BCUT2D eigenvalue weighted by molar-refractivity contribution is 0.643. The number of hydrogen-bond acceptors (Lipinski definition) is 4. The molecule has 0 bridgehead atoms. The SMILES string of the molecule is ClCc1ccc(N2CCN(c3ccccc3Cl)CC2)nn1. The van der Waals surface area contributed by atoms with Crippen molar-refractivity contribution in [3.63, 3.8) is 0 Å². The summed E-state index contributed by atoms with van der Waals surface area (Å²) >= 11 is 12.0. The summed E-state index contributed by atoms with van der Waals surface area (Å²) in [6.07, 6.45) is 0. The van der Waals surface area contributed by atoms with Gasteiger partial charge in [0.1, 0.15) is 0 Å². The van der Waals surface area contributed by atoms with Crippen LogP contribution < -0.4 is 9.80 Å². The first-order chi connectivity index (χ1) is 10.3. The maximum absolute atomic E-state index is 6.25. The summed E-state index contributed by atoms with van der Waals surface area (Å²) in [6, 6.07) is 11.9. The Morgan fingerprint density at radius 2 is 1.62 bits per heavy atom. The normalized spacial score (nSPS) is 15.3. The Hall–Kier alpha value is -1.52. The molecule has 0 N–H and O–H groups in total. The van der Waals surface area contributed by atoms with Crippen molar-refractivity contribution in [1.29, 1.82) is 0 Å². The van der Waals surface area contributed by atoms with E-state index in [1.807, 2.05) is 30.3 Å². The number of para-hydroxylation sites is 1. The maximum atomic E-state index is 6.25. The quantitative estimate of drug-likeness (QED) is 0.812. The lowest BCUT2D eigenvalue weighted by atomic mass is 10.2. The fraction of sp³-hybridized carbons (Fsp3) is 0.333. The molecule has 0 unspecified atom stereocenters. The molecule has 1 aromatic carbocycles. The van der Waals surface area contributed by atoms with Crippen molar-refractivity contribution in [1.82, 2.24) is 10.2 Å². The zero-order valence-corrected chi connectivity index (χ0v) is 13.1. The molecule has 0 aliphatic carbocycles. The van der Waals surface area contributed by atoms with Gasteiger partial charge >= 0.3 is 0 Å². The van der Waals surface area contributed by atoms with E-state index in [0.29, 0.717) is 5.88 Å². The Balaban J connectivity index is 1.66. The highest BCUT2D eigenvalue weighted by atomic mass is 35.5. The molecular formula is C15H16Cl2N4. The Kier molecular flexibility index (Phi) is 4.46. The lowest BCUT2D eigenvalue weighted by Crippen LogP contribution is -2.47. The van der Waals surface area contributed by atoms with Crippen molar-refractivity contribution < 1.29 is 0 Å². The molecule has 0 radical (unpaired) electrons. The summed E-state index contributed by atoms with van der Waals surface area (Å²) < 4.78 is 0. The lowest BCUT2D eigenvalue weighted by Gasteiger charge is -2.36. The molecule has 2 aromatic rings. The van der Waals surface area contributed by atoms with E-state index in [0.717, 1.165) is 48.4 Å². The molecule has 1 saturated heterocycles. The highest BCUT2D eigenvalue weighted by Gasteiger charge is 2.19. The third-order valence-corrected chi connectivity index (χ3v) is 4.23. The number of halogens is 2. The van der Waals surface area contributed by atoms with Gasteiger partial charge in [-0.2, -0.15) is 5.10 Å². The van der Waals surface area contributed by atoms with E-state index in [2.05, 4.69) is 26.1 Å². The van der Waals surface area contributed by atoms with Gasteiger partial charge in [-0.1, -0.05) is 23.7 Å². The maximum Gasteiger partial charge on any atom is 0.151 e. The van der Waals surface area contributed by atoms with Gasteiger partial charge in [-0.15, -0.1) is 16.7 Å². The molecule has 4 nitrogen and oxygen atoms in total. The van der Waals surface area contributed by atoms with Crippen LogP contribution in [0.15, 0.2) is 36.4 Å². The van der Waals surface area contributed by atoms with Gasteiger partial charge in [0.25, 0.3) is 0 Å². The standard InChI is InChI=1S/C15H16Cl2N4/c16-11-12-5-6-15(19-18-12)21-9-7-20(8-10-21)14-4-2-1-3-13(14)17/h1-6H,7-11H2. The second-order valence-electron chi connectivity index (χ2n) is 4.94. The van der Waals surface area contributed by atoms with Crippen LogP contribution in [0.4, 0.5) is 11.5 Å². The number of aromatic nitrogens is 2. The molecule has 0 spiro atoms. The van der Waals surface area contributed by atoms with E-state index in [-0.39, 0.29) is 0 Å². The molecule has 1 aliphatic rings. The van der Waals surface area contributed by atoms with Crippen LogP contribution in [0.3, 0.4) is 0 Å². The topological polar surface area (TPSA) is 32.3 Å². The number of alkyl halides is 1. The summed E-state index contributed by atoms with van der Waals surface area (Å²) in [7, 11) is 0. The van der Waals surface area contributed by atoms with Crippen molar-refractivity contribution in [2.45, 2.75) is 5.88 Å². The second kappa shape index (κ2) is 6.50. The highest BCUT2D eigenvalue weighted by Crippen LogP contribution is 2.26. The fourth-order valence-corrected chi connectivity index (χ4v) is 2.88.